The molecule has 0 radical (unpaired) electrons. The lowest BCUT2D eigenvalue weighted by Crippen LogP contribution is -2.51. The molecule has 0 spiro atoms. The van der Waals surface area contributed by atoms with Crippen molar-refractivity contribution in [1.29, 1.82) is 0 Å². The number of benzene rings is 3. The molecule has 3 rings (SSSR count). The van der Waals surface area contributed by atoms with Crippen LogP contribution in [0, 0.1) is 6.92 Å². The number of carbonyl (C=O) groups excluding carboxylic acids is 2. The summed E-state index contributed by atoms with van der Waals surface area (Å²) < 4.78 is 26.8. The minimum absolute atomic E-state index is 0.187. The number of hydrogen-bond acceptors (Lipinski definition) is 4. The van der Waals surface area contributed by atoms with Crippen LogP contribution in [-0.4, -0.2) is 50.5 Å². The van der Waals surface area contributed by atoms with Crippen LogP contribution in [0.2, 0.25) is 0 Å². The fourth-order valence-electron chi connectivity index (χ4n) is 3.89. The molecule has 0 fully saturated rings. The molecular formula is C27H33N3O4S. The molecule has 0 aliphatic heterocycles. The van der Waals surface area contributed by atoms with E-state index in [1.807, 2.05) is 68.4 Å². The molecule has 3 aromatic carbocycles. The highest BCUT2D eigenvalue weighted by atomic mass is 32.2. The van der Waals surface area contributed by atoms with E-state index in [-0.39, 0.29) is 12.5 Å². The average Bonchev–Trinajstić information content (AvgIpc) is 2.84. The van der Waals surface area contributed by atoms with Crippen LogP contribution < -0.4 is 9.62 Å². The van der Waals surface area contributed by atoms with Crippen molar-refractivity contribution in [2.75, 3.05) is 23.7 Å². The molecule has 1 unspecified atom stereocenters. The number of sulfonamides is 1. The monoisotopic (exact) mass is 495 g/mol. The normalized spacial score (nSPS) is 12.2. The number of amides is 2. The molecule has 1 N–H and O–H groups in total. The van der Waals surface area contributed by atoms with E-state index >= 15 is 0 Å². The molecular weight excluding hydrogens is 462 g/mol. The van der Waals surface area contributed by atoms with Gasteiger partial charge in [0.2, 0.25) is 21.8 Å². The van der Waals surface area contributed by atoms with Crippen molar-refractivity contribution in [2.24, 2.45) is 0 Å². The van der Waals surface area contributed by atoms with Crippen molar-refractivity contribution >= 4 is 38.3 Å². The van der Waals surface area contributed by atoms with Gasteiger partial charge in [-0.3, -0.25) is 13.9 Å². The van der Waals surface area contributed by atoms with Gasteiger partial charge in [0, 0.05) is 18.5 Å². The summed E-state index contributed by atoms with van der Waals surface area (Å²) in [5, 5.41) is 4.44. The summed E-state index contributed by atoms with van der Waals surface area (Å²) in [5.74, 6) is -0.730. The van der Waals surface area contributed by atoms with E-state index in [4.69, 9.17) is 0 Å². The van der Waals surface area contributed by atoms with Gasteiger partial charge in [-0.2, -0.15) is 0 Å². The molecule has 8 heteroatoms. The van der Waals surface area contributed by atoms with Gasteiger partial charge in [-0.25, -0.2) is 8.42 Å². The number of aryl methyl sites for hydroxylation is 1. The van der Waals surface area contributed by atoms with Crippen LogP contribution in [0.15, 0.2) is 66.7 Å². The Bertz CT molecular complexity index is 1280. The van der Waals surface area contributed by atoms with E-state index in [0.29, 0.717) is 12.2 Å². The van der Waals surface area contributed by atoms with Crippen LogP contribution >= 0.6 is 0 Å². The Kier molecular flexibility index (Phi) is 8.51. The molecule has 0 aliphatic carbocycles. The zero-order valence-corrected chi connectivity index (χ0v) is 21.5. The smallest absolute Gasteiger partial charge is 0.244 e. The summed E-state index contributed by atoms with van der Waals surface area (Å²) in [7, 11) is -3.79. The van der Waals surface area contributed by atoms with Gasteiger partial charge in [-0.05, 0) is 37.3 Å². The first-order valence-electron chi connectivity index (χ1n) is 11.7. The van der Waals surface area contributed by atoms with Crippen LogP contribution in [-0.2, 0) is 26.2 Å². The Hall–Kier alpha value is -3.39. The number of nitrogens with zero attached hydrogens (tertiary/aromatic N) is 2. The summed E-state index contributed by atoms with van der Waals surface area (Å²) in [6, 6.07) is 19.7. The Morgan fingerprint density at radius 3 is 2.29 bits per heavy atom. The zero-order chi connectivity index (χ0) is 25.6. The van der Waals surface area contributed by atoms with Gasteiger partial charge in [0.1, 0.15) is 12.6 Å². The number of carbonyl (C=O) groups is 2. The summed E-state index contributed by atoms with van der Waals surface area (Å²) in [5.41, 5.74) is 2.37. The van der Waals surface area contributed by atoms with Crippen LogP contribution in [0.25, 0.3) is 10.8 Å². The molecule has 0 saturated heterocycles. The summed E-state index contributed by atoms with van der Waals surface area (Å²) in [6.07, 6.45) is 1.86. The first kappa shape index (κ1) is 26.2. The predicted molar refractivity (Wildman–Crippen MR) is 141 cm³/mol. The molecule has 0 saturated carbocycles. The van der Waals surface area contributed by atoms with Gasteiger partial charge in [-0.1, -0.05) is 73.2 Å². The van der Waals surface area contributed by atoms with E-state index < -0.39 is 28.5 Å². The molecule has 1 atom stereocenters. The number of rotatable bonds is 10. The third kappa shape index (κ3) is 6.60. The Morgan fingerprint density at radius 1 is 0.971 bits per heavy atom. The van der Waals surface area contributed by atoms with E-state index in [2.05, 4.69) is 5.32 Å². The molecule has 186 valence electrons. The lowest BCUT2D eigenvalue weighted by atomic mass is 10.1. The fourth-order valence-corrected chi connectivity index (χ4v) is 4.75. The minimum atomic E-state index is -3.79. The van der Waals surface area contributed by atoms with Gasteiger partial charge in [-0.15, -0.1) is 0 Å². The Labute approximate surface area is 207 Å². The maximum Gasteiger partial charge on any atom is 0.244 e. The molecule has 7 nitrogen and oxygen atoms in total. The van der Waals surface area contributed by atoms with Crippen molar-refractivity contribution in [1.82, 2.24) is 10.2 Å². The minimum Gasteiger partial charge on any atom is -0.354 e. The van der Waals surface area contributed by atoms with Gasteiger partial charge < -0.3 is 10.2 Å². The summed E-state index contributed by atoms with van der Waals surface area (Å²) >= 11 is 0. The number of hydrogen-bond donors (Lipinski definition) is 1. The van der Waals surface area contributed by atoms with Crippen molar-refractivity contribution in [2.45, 2.75) is 39.8 Å². The quantitative estimate of drug-likeness (QED) is 0.463. The SMILES string of the molecule is CCCNC(=O)C(C)N(Cc1ccc(C)cc1)C(=O)CN(c1cccc2ccccc12)S(C)(=O)=O. The summed E-state index contributed by atoms with van der Waals surface area (Å²) in [4.78, 5) is 27.9. The third-order valence-corrected chi connectivity index (χ3v) is 7.03. The second kappa shape index (κ2) is 11.4. The fraction of sp³-hybridized carbons (Fsp3) is 0.333. The highest BCUT2D eigenvalue weighted by molar-refractivity contribution is 7.92. The van der Waals surface area contributed by atoms with E-state index in [1.165, 1.54) is 4.90 Å². The van der Waals surface area contributed by atoms with Gasteiger partial charge in [0.15, 0.2) is 0 Å². The summed E-state index contributed by atoms with van der Waals surface area (Å²) in [6.45, 7) is 5.87. The van der Waals surface area contributed by atoms with E-state index in [0.717, 1.165) is 38.9 Å². The largest absolute Gasteiger partial charge is 0.354 e. The predicted octanol–water partition coefficient (Wildman–Crippen LogP) is 3.86. The standard InChI is InChI=1S/C27H33N3O4S/c1-5-17-28-27(32)21(3)29(18-22-15-13-20(2)14-16-22)26(31)19-30(35(4,33)34)25-12-8-10-23-9-6-7-11-24(23)25/h6-16,21H,5,17-19H2,1-4H3,(H,28,32). The lowest BCUT2D eigenvalue weighted by Gasteiger charge is -2.31. The molecule has 0 bridgehead atoms. The lowest BCUT2D eigenvalue weighted by molar-refractivity contribution is -0.139. The number of fused-ring (bicyclic) bond motifs is 1. The van der Waals surface area contributed by atoms with Crippen LogP contribution in [0.3, 0.4) is 0 Å². The molecule has 0 aromatic heterocycles. The van der Waals surface area contributed by atoms with Crippen LogP contribution in [0.5, 0.6) is 0 Å². The van der Waals surface area contributed by atoms with Crippen LogP contribution in [0.1, 0.15) is 31.4 Å². The maximum absolute atomic E-state index is 13.6. The average molecular weight is 496 g/mol. The van der Waals surface area contributed by atoms with E-state index in [1.54, 1.807) is 19.1 Å². The third-order valence-electron chi connectivity index (χ3n) is 5.90. The Morgan fingerprint density at radius 2 is 1.63 bits per heavy atom. The Balaban J connectivity index is 1.97. The van der Waals surface area contributed by atoms with E-state index in [9.17, 15) is 18.0 Å². The molecule has 35 heavy (non-hydrogen) atoms. The molecule has 0 heterocycles. The first-order valence-corrected chi connectivity index (χ1v) is 13.5. The second-order valence-electron chi connectivity index (χ2n) is 8.74. The van der Waals surface area contributed by atoms with Gasteiger partial charge >= 0.3 is 0 Å². The van der Waals surface area contributed by atoms with Crippen LogP contribution in [0.4, 0.5) is 5.69 Å². The number of anilines is 1. The van der Waals surface area contributed by atoms with Crippen molar-refractivity contribution in [3.8, 4) is 0 Å². The van der Waals surface area contributed by atoms with Gasteiger partial charge in [0.25, 0.3) is 0 Å². The van der Waals surface area contributed by atoms with Gasteiger partial charge in [0.05, 0.1) is 11.9 Å². The number of nitrogens with one attached hydrogen (secondary N) is 1. The van der Waals surface area contributed by atoms with Crippen molar-refractivity contribution < 1.29 is 18.0 Å². The zero-order valence-electron chi connectivity index (χ0n) is 20.7. The molecule has 3 aromatic rings. The highest BCUT2D eigenvalue weighted by Crippen LogP contribution is 2.28. The second-order valence-corrected chi connectivity index (χ2v) is 10.6. The maximum atomic E-state index is 13.6. The van der Waals surface area contributed by atoms with Crippen molar-refractivity contribution in [3.63, 3.8) is 0 Å². The topological polar surface area (TPSA) is 86.8 Å². The highest BCUT2D eigenvalue weighted by Gasteiger charge is 2.30. The van der Waals surface area contributed by atoms with Crippen molar-refractivity contribution in [3.05, 3.63) is 77.9 Å². The molecule has 2 amide bonds. The first-order chi connectivity index (χ1) is 16.6. The molecule has 0 aliphatic rings.